The standard InChI is InChI=1S/C18H21ClN4O4/c1-26-13(24)9-20-8-12-21-11-7-10(19)15-14(16(11)27-12)18(23-17(25)22-15)5-3-2-4-6-18/h7,20H,2-6,8-9H2,1H3,(H2,22,23,25). The van der Waals surface area contributed by atoms with Crippen molar-refractivity contribution in [2.45, 2.75) is 44.2 Å². The second-order valence-electron chi connectivity index (χ2n) is 6.97. The lowest BCUT2D eigenvalue weighted by molar-refractivity contribution is -0.139. The Morgan fingerprint density at radius 1 is 1.41 bits per heavy atom. The van der Waals surface area contributed by atoms with Crippen LogP contribution in [0.5, 0.6) is 0 Å². The Morgan fingerprint density at radius 2 is 2.19 bits per heavy atom. The summed E-state index contributed by atoms with van der Waals surface area (Å²) in [5.74, 6) is 0.0841. The summed E-state index contributed by atoms with van der Waals surface area (Å²) in [5, 5.41) is 9.31. The van der Waals surface area contributed by atoms with Crippen LogP contribution in [0.2, 0.25) is 5.02 Å². The van der Waals surface area contributed by atoms with Crippen molar-refractivity contribution < 1.29 is 18.7 Å². The van der Waals surface area contributed by atoms with E-state index in [1.54, 1.807) is 6.07 Å². The van der Waals surface area contributed by atoms with E-state index < -0.39 is 5.54 Å². The number of fused-ring (bicyclic) bond motifs is 4. The highest BCUT2D eigenvalue weighted by Crippen LogP contribution is 2.48. The minimum absolute atomic E-state index is 0.0651. The third kappa shape index (κ3) is 3.23. The van der Waals surface area contributed by atoms with Gasteiger partial charge in [-0.25, -0.2) is 9.78 Å². The fourth-order valence-corrected chi connectivity index (χ4v) is 4.28. The fourth-order valence-electron chi connectivity index (χ4n) is 4.03. The molecule has 2 heterocycles. The van der Waals surface area contributed by atoms with E-state index in [9.17, 15) is 9.59 Å². The van der Waals surface area contributed by atoms with Gasteiger partial charge in [-0.2, -0.15) is 0 Å². The predicted molar refractivity (Wildman–Crippen MR) is 99.7 cm³/mol. The van der Waals surface area contributed by atoms with E-state index in [1.165, 1.54) is 7.11 Å². The first-order valence-corrected chi connectivity index (χ1v) is 9.39. The van der Waals surface area contributed by atoms with Gasteiger partial charge in [0, 0.05) is 5.56 Å². The third-order valence-corrected chi connectivity index (χ3v) is 5.53. The number of carbonyl (C=O) groups excluding carboxylic acids is 2. The quantitative estimate of drug-likeness (QED) is 0.690. The Morgan fingerprint density at radius 3 is 2.93 bits per heavy atom. The van der Waals surface area contributed by atoms with Crippen molar-refractivity contribution in [3.05, 3.63) is 22.5 Å². The summed E-state index contributed by atoms with van der Waals surface area (Å²) in [4.78, 5) is 28.0. The van der Waals surface area contributed by atoms with Gasteiger partial charge in [0.1, 0.15) is 5.52 Å². The monoisotopic (exact) mass is 392 g/mol. The average molecular weight is 393 g/mol. The maximum atomic E-state index is 12.2. The summed E-state index contributed by atoms with van der Waals surface area (Å²) in [6, 6.07) is 1.45. The van der Waals surface area contributed by atoms with Gasteiger partial charge in [-0.1, -0.05) is 30.9 Å². The first-order chi connectivity index (χ1) is 13.0. The number of methoxy groups -OCH3 is 1. The number of benzene rings is 1. The zero-order chi connectivity index (χ0) is 19.0. The maximum Gasteiger partial charge on any atom is 0.319 e. The number of aromatic nitrogens is 1. The number of ether oxygens (including phenoxy) is 1. The number of rotatable bonds is 4. The van der Waals surface area contributed by atoms with Gasteiger partial charge in [0.25, 0.3) is 0 Å². The molecule has 0 saturated heterocycles. The molecule has 8 nitrogen and oxygen atoms in total. The molecule has 2 amide bonds. The van der Waals surface area contributed by atoms with E-state index in [0.29, 0.717) is 27.7 Å². The topological polar surface area (TPSA) is 105 Å². The minimum Gasteiger partial charge on any atom is -0.468 e. The normalized spacial score (nSPS) is 18.1. The molecular weight excluding hydrogens is 372 g/mol. The molecule has 2 aliphatic rings. The predicted octanol–water partition coefficient (Wildman–Crippen LogP) is 3.04. The molecule has 1 aromatic carbocycles. The van der Waals surface area contributed by atoms with E-state index in [4.69, 9.17) is 16.0 Å². The lowest BCUT2D eigenvalue weighted by Gasteiger charge is -2.42. The molecule has 0 unspecified atom stereocenters. The van der Waals surface area contributed by atoms with Crippen LogP contribution in [-0.2, 0) is 21.6 Å². The second kappa shape index (κ2) is 7.01. The van der Waals surface area contributed by atoms with Crippen LogP contribution in [0.1, 0.15) is 43.6 Å². The molecule has 1 saturated carbocycles. The highest BCUT2D eigenvalue weighted by atomic mass is 35.5. The number of carbonyl (C=O) groups is 2. The molecule has 1 fully saturated rings. The average Bonchev–Trinajstić information content (AvgIpc) is 3.04. The van der Waals surface area contributed by atoms with Crippen molar-refractivity contribution in [2.24, 2.45) is 0 Å². The zero-order valence-electron chi connectivity index (χ0n) is 15.0. The molecule has 1 spiro atoms. The largest absolute Gasteiger partial charge is 0.468 e. The molecule has 144 valence electrons. The number of urea groups is 1. The number of halogens is 1. The van der Waals surface area contributed by atoms with Crippen LogP contribution in [0, 0.1) is 0 Å². The van der Waals surface area contributed by atoms with Gasteiger partial charge in [-0.05, 0) is 18.9 Å². The highest BCUT2D eigenvalue weighted by molar-refractivity contribution is 6.35. The molecule has 0 atom stereocenters. The van der Waals surface area contributed by atoms with E-state index in [2.05, 4.69) is 25.7 Å². The summed E-state index contributed by atoms with van der Waals surface area (Å²) in [6.07, 6.45) is 4.85. The number of hydrogen-bond donors (Lipinski definition) is 3. The number of hydrogen-bond acceptors (Lipinski definition) is 6. The molecular formula is C18H21ClN4O4. The molecule has 0 bridgehead atoms. The molecule has 3 N–H and O–H groups in total. The number of esters is 1. The smallest absolute Gasteiger partial charge is 0.319 e. The van der Waals surface area contributed by atoms with Gasteiger partial charge in [-0.3, -0.25) is 10.1 Å². The SMILES string of the molecule is COC(=O)CNCc1nc2cc(Cl)c3c(c2o1)C1(CCCCC1)NC(=O)N3. The van der Waals surface area contributed by atoms with Crippen molar-refractivity contribution in [3.8, 4) is 0 Å². The molecule has 2 aromatic rings. The summed E-state index contributed by atoms with van der Waals surface area (Å²) in [7, 11) is 1.34. The van der Waals surface area contributed by atoms with Crippen molar-refractivity contribution >= 4 is 40.4 Å². The first-order valence-electron chi connectivity index (χ1n) is 9.01. The molecule has 9 heteroatoms. The Bertz CT molecular complexity index is 904. The number of nitrogens with one attached hydrogen (secondary N) is 3. The van der Waals surface area contributed by atoms with Crippen molar-refractivity contribution in [1.82, 2.24) is 15.6 Å². The van der Waals surface area contributed by atoms with Gasteiger partial charge in [0.15, 0.2) is 5.58 Å². The van der Waals surface area contributed by atoms with Gasteiger partial charge >= 0.3 is 12.0 Å². The summed E-state index contributed by atoms with van der Waals surface area (Å²) >= 11 is 6.46. The van der Waals surface area contributed by atoms with Crippen LogP contribution >= 0.6 is 11.6 Å². The highest BCUT2D eigenvalue weighted by Gasteiger charge is 2.44. The molecule has 1 aliphatic heterocycles. The van der Waals surface area contributed by atoms with E-state index in [-0.39, 0.29) is 25.1 Å². The van der Waals surface area contributed by atoms with Gasteiger partial charge in [-0.15, -0.1) is 0 Å². The number of amides is 2. The van der Waals surface area contributed by atoms with Gasteiger partial charge in [0.05, 0.1) is 36.4 Å². The Balaban J connectivity index is 1.75. The zero-order valence-corrected chi connectivity index (χ0v) is 15.7. The van der Waals surface area contributed by atoms with Crippen LogP contribution in [0.25, 0.3) is 11.1 Å². The second-order valence-corrected chi connectivity index (χ2v) is 7.37. The summed E-state index contributed by atoms with van der Waals surface area (Å²) in [5.41, 5.74) is 2.24. The van der Waals surface area contributed by atoms with Crippen LogP contribution in [0.4, 0.5) is 10.5 Å². The molecule has 4 rings (SSSR count). The van der Waals surface area contributed by atoms with Crippen LogP contribution in [0.3, 0.4) is 0 Å². The molecule has 0 radical (unpaired) electrons. The van der Waals surface area contributed by atoms with Crippen molar-refractivity contribution in [1.29, 1.82) is 0 Å². The summed E-state index contributed by atoms with van der Waals surface area (Å²) < 4.78 is 10.6. The van der Waals surface area contributed by atoms with Gasteiger partial charge < -0.3 is 19.8 Å². The van der Waals surface area contributed by atoms with Crippen LogP contribution < -0.4 is 16.0 Å². The lowest BCUT2D eigenvalue weighted by Crippen LogP contribution is -2.52. The van der Waals surface area contributed by atoms with Crippen molar-refractivity contribution in [3.63, 3.8) is 0 Å². The Labute approximate surface area is 161 Å². The third-order valence-electron chi connectivity index (χ3n) is 5.23. The van der Waals surface area contributed by atoms with Crippen molar-refractivity contribution in [2.75, 3.05) is 19.0 Å². The maximum absolute atomic E-state index is 12.2. The number of nitrogens with zero attached hydrogens (tertiary/aromatic N) is 1. The molecule has 1 aliphatic carbocycles. The van der Waals surface area contributed by atoms with E-state index in [1.807, 2.05) is 0 Å². The number of anilines is 1. The van der Waals surface area contributed by atoms with E-state index >= 15 is 0 Å². The molecule has 1 aromatic heterocycles. The van der Waals surface area contributed by atoms with Crippen LogP contribution in [-0.4, -0.2) is 30.6 Å². The first kappa shape index (κ1) is 18.1. The van der Waals surface area contributed by atoms with Crippen LogP contribution in [0.15, 0.2) is 10.5 Å². The van der Waals surface area contributed by atoms with Gasteiger partial charge in [0.2, 0.25) is 5.89 Å². The lowest BCUT2D eigenvalue weighted by atomic mass is 9.74. The summed E-state index contributed by atoms with van der Waals surface area (Å²) in [6.45, 7) is 0.346. The number of oxazole rings is 1. The molecule has 27 heavy (non-hydrogen) atoms. The Kier molecular flexibility index (Phi) is 4.69. The minimum atomic E-state index is -0.491. The van der Waals surface area contributed by atoms with E-state index in [0.717, 1.165) is 37.7 Å². The fraction of sp³-hybridized carbons (Fsp3) is 0.500. The Hall–Kier alpha value is -2.32.